The van der Waals surface area contributed by atoms with Gasteiger partial charge >= 0.3 is 0 Å². The summed E-state index contributed by atoms with van der Waals surface area (Å²) in [5.74, 6) is 0. The van der Waals surface area contributed by atoms with Crippen molar-refractivity contribution in [2.45, 2.75) is 0 Å². The van der Waals surface area contributed by atoms with Crippen molar-refractivity contribution in [3.63, 3.8) is 0 Å². The highest BCUT2D eigenvalue weighted by atomic mass is 16.3. The molecule has 0 atom stereocenters. The van der Waals surface area contributed by atoms with Crippen LogP contribution in [0.4, 0.5) is 34.1 Å². The second-order valence-corrected chi connectivity index (χ2v) is 28.2. The molecule has 0 spiro atoms. The van der Waals surface area contributed by atoms with E-state index in [0.717, 1.165) is 161 Å². The molecule has 0 N–H and O–H groups in total. The van der Waals surface area contributed by atoms with Crippen molar-refractivity contribution in [2.75, 3.05) is 9.80 Å². The van der Waals surface area contributed by atoms with E-state index in [1.807, 2.05) is 0 Å². The summed E-state index contributed by atoms with van der Waals surface area (Å²) < 4.78 is 14.4. The van der Waals surface area contributed by atoms with Crippen molar-refractivity contribution in [3.05, 3.63) is 400 Å². The molecule has 0 bridgehead atoms. The van der Waals surface area contributed by atoms with Crippen LogP contribution in [0.2, 0.25) is 0 Å². The zero-order valence-corrected chi connectivity index (χ0v) is 58.8. The average Bonchev–Trinajstić information content (AvgIpc) is 1.53. The van der Waals surface area contributed by atoms with Crippen LogP contribution >= 0.6 is 0 Å². The van der Waals surface area contributed by atoms with Crippen molar-refractivity contribution >= 4 is 132 Å². The number of rotatable bonds is 13. The molecule has 4 heteroatoms. The molecular formula is C104H66N2O2. The highest BCUT2D eigenvalue weighted by Crippen LogP contribution is 2.50. The Morgan fingerprint density at radius 3 is 1.04 bits per heavy atom. The van der Waals surface area contributed by atoms with Gasteiger partial charge in [0.25, 0.3) is 0 Å². The highest BCUT2D eigenvalue weighted by molar-refractivity contribution is 6.21. The Labute approximate surface area is 624 Å². The Hall–Kier alpha value is -14.3. The van der Waals surface area contributed by atoms with Gasteiger partial charge in [0.2, 0.25) is 0 Å². The van der Waals surface area contributed by atoms with Gasteiger partial charge in [-0.3, -0.25) is 0 Å². The van der Waals surface area contributed by atoms with Gasteiger partial charge in [0.05, 0.1) is 11.4 Å². The van der Waals surface area contributed by atoms with Crippen LogP contribution in [0.5, 0.6) is 0 Å². The first kappa shape index (κ1) is 62.3. The summed E-state index contributed by atoms with van der Waals surface area (Å²) >= 11 is 0. The first-order valence-corrected chi connectivity index (χ1v) is 37.0. The van der Waals surface area contributed by atoms with Gasteiger partial charge in [-0.05, 0) is 196 Å². The normalized spacial score (nSPS) is 11.7. The van der Waals surface area contributed by atoms with E-state index in [2.05, 4.69) is 410 Å². The molecule has 0 radical (unpaired) electrons. The summed E-state index contributed by atoms with van der Waals surface area (Å²) in [7, 11) is 0. The molecule has 0 saturated heterocycles. The topological polar surface area (TPSA) is 32.8 Å². The minimum absolute atomic E-state index is 0.849. The Kier molecular flexibility index (Phi) is 14.9. The Bertz CT molecular complexity index is 7080. The number of para-hydroxylation sites is 4. The van der Waals surface area contributed by atoms with E-state index >= 15 is 0 Å². The predicted octanol–water partition coefficient (Wildman–Crippen LogP) is 29.9. The van der Waals surface area contributed by atoms with Gasteiger partial charge in [-0.15, -0.1) is 0 Å². The number of benzene rings is 19. The third-order valence-electron chi connectivity index (χ3n) is 22.0. The van der Waals surface area contributed by atoms with Crippen molar-refractivity contribution in [2.24, 2.45) is 0 Å². The van der Waals surface area contributed by atoms with E-state index in [1.165, 1.54) is 49.0 Å². The molecule has 0 aliphatic heterocycles. The van der Waals surface area contributed by atoms with Gasteiger partial charge in [0, 0.05) is 77.3 Å². The van der Waals surface area contributed by atoms with Crippen LogP contribution in [0, 0.1) is 0 Å². The SMILES string of the molecule is c1ccc(-c2ccc(N(c3ccc(-c4ccc5c(c4)cc(-c4ccc6ccc7c8cccc(-c9ccccc9N(c9ccc(-c%10ccccc%10)cc9)c9ccc(-c%10ccc%11ccccc%11c%10)cc9)c8oc7c6c4)c4ccccc45)cc3)c3ccccc3-c3cccc4c3oc3c5ccccc5ccc43)cc2)cc1. The first-order valence-electron chi connectivity index (χ1n) is 37.0. The Morgan fingerprint density at radius 1 is 0.148 bits per heavy atom. The molecule has 0 fully saturated rings. The van der Waals surface area contributed by atoms with Gasteiger partial charge in [-0.1, -0.05) is 303 Å². The smallest absolute Gasteiger partial charge is 0.143 e. The molecular weight excluding hydrogens is 1310 g/mol. The van der Waals surface area contributed by atoms with Crippen molar-refractivity contribution in [1.29, 1.82) is 0 Å². The predicted molar refractivity (Wildman–Crippen MR) is 456 cm³/mol. The van der Waals surface area contributed by atoms with Crippen LogP contribution in [-0.4, -0.2) is 0 Å². The van der Waals surface area contributed by atoms with E-state index in [0.29, 0.717) is 0 Å². The fourth-order valence-electron chi connectivity index (χ4n) is 16.7. The van der Waals surface area contributed by atoms with Gasteiger partial charge in [0.1, 0.15) is 22.3 Å². The van der Waals surface area contributed by atoms with E-state index in [9.17, 15) is 0 Å². The zero-order chi connectivity index (χ0) is 71.2. The average molecular weight is 1380 g/mol. The standard InChI is InChI=1S/C104H66N2O2/c1-3-19-67(20-4-1)70-41-52-81(53-42-70)105(83-56-45-72(46-57-83)77-39-37-69-23-7-8-25-76(69)63-77)100-36-16-14-30-90(100)92-32-18-34-94-96-62-50-75-38-40-79(65-98(75)104(96)108-103(92)94)97-66-80-64-78(51-60-85(80)87-27-11-12-28-88(87)97)73-47-58-84(59-48-73)106(82-54-43-71(44-55-82)68-21-5-2-6-22-68)99-35-15-13-29-89(99)91-31-17-33-93-95-61-49-74-24-9-10-26-86(74)101(95)107-102(91)93/h1-66H. The van der Waals surface area contributed by atoms with Crippen LogP contribution in [-0.2, 0) is 0 Å². The van der Waals surface area contributed by atoms with Crippen LogP contribution in [0.25, 0.3) is 176 Å². The molecule has 4 nitrogen and oxygen atoms in total. The monoisotopic (exact) mass is 1370 g/mol. The molecule has 2 aromatic heterocycles. The summed E-state index contributed by atoms with van der Waals surface area (Å²) in [6, 6.07) is 146. The molecule has 0 aliphatic carbocycles. The maximum atomic E-state index is 7.40. The number of nitrogens with zero attached hydrogens (tertiary/aromatic N) is 2. The zero-order valence-electron chi connectivity index (χ0n) is 58.8. The maximum Gasteiger partial charge on any atom is 0.143 e. The van der Waals surface area contributed by atoms with Crippen LogP contribution in [0.3, 0.4) is 0 Å². The molecule has 0 saturated carbocycles. The lowest BCUT2D eigenvalue weighted by Gasteiger charge is -2.28. The van der Waals surface area contributed by atoms with Gasteiger partial charge in [-0.25, -0.2) is 0 Å². The number of hydrogen-bond donors (Lipinski definition) is 0. The van der Waals surface area contributed by atoms with E-state index in [4.69, 9.17) is 8.83 Å². The largest absolute Gasteiger partial charge is 0.455 e. The first-order chi connectivity index (χ1) is 53.5. The lowest BCUT2D eigenvalue weighted by atomic mass is 9.90. The second-order valence-electron chi connectivity index (χ2n) is 28.2. The van der Waals surface area contributed by atoms with Crippen LogP contribution in [0.1, 0.15) is 0 Å². The fourth-order valence-corrected chi connectivity index (χ4v) is 16.7. The summed E-state index contributed by atoms with van der Waals surface area (Å²) in [5, 5.41) is 16.0. The molecule has 0 unspecified atom stereocenters. The van der Waals surface area contributed by atoms with Crippen LogP contribution in [0.15, 0.2) is 409 Å². The summed E-state index contributed by atoms with van der Waals surface area (Å²) in [5.41, 5.74) is 25.5. The van der Waals surface area contributed by atoms with Crippen molar-refractivity contribution in [3.8, 4) is 77.9 Å². The summed E-state index contributed by atoms with van der Waals surface area (Å²) in [6.07, 6.45) is 0. The van der Waals surface area contributed by atoms with Gasteiger partial charge in [0.15, 0.2) is 0 Å². The van der Waals surface area contributed by atoms with Crippen molar-refractivity contribution in [1.82, 2.24) is 0 Å². The molecule has 21 aromatic rings. The van der Waals surface area contributed by atoms with Crippen LogP contribution < -0.4 is 9.80 Å². The highest BCUT2D eigenvalue weighted by Gasteiger charge is 2.25. The quantitative estimate of drug-likeness (QED) is 0.108. The molecule has 19 aromatic carbocycles. The number of fused-ring (bicyclic) bond motifs is 14. The van der Waals surface area contributed by atoms with Crippen molar-refractivity contribution < 1.29 is 8.83 Å². The number of furan rings is 2. The van der Waals surface area contributed by atoms with E-state index in [1.54, 1.807) is 0 Å². The molecule has 0 amide bonds. The van der Waals surface area contributed by atoms with Gasteiger partial charge in [-0.2, -0.15) is 0 Å². The van der Waals surface area contributed by atoms with E-state index < -0.39 is 0 Å². The Morgan fingerprint density at radius 2 is 0.491 bits per heavy atom. The third-order valence-corrected chi connectivity index (χ3v) is 22.0. The maximum absolute atomic E-state index is 7.40. The molecule has 108 heavy (non-hydrogen) atoms. The minimum atomic E-state index is 0.849. The third kappa shape index (κ3) is 10.7. The Balaban J connectivity index is 0.649. The lowest BCUT2D eigenvalue weighted by Crippen LogP contribution is -2.11. The van der Waals surface area contributed by atoms with Gasteiger partial charge < -0.3 is 18.6 Å². The van der Waals surface area contributed by atoms with E-state index in [-0.39, 0.29) is 0 Å². The number of anilines is 6. The number of hydrogen-bond acceptors (Lipinski definition) is 4. The lowest BCUT2D eigenvalue weighted by molar-refractivity contribution is 0.673. The molecule has 2 heterocycles. The second kappa shape index (κ2) is 25.8. The molecule has 21 rings (SSSR count). The summed E-state index contributed by atoms with van der Waals surface area (Å²) in [6.45, 7) is 0. The molecule has 504 valence electrons. The fraction of sp³-hybridized carbons (Fsp3) is 0. The summed E-state index contributed by atoms with van der Waals surface area (Å²) in [4.78, 5) is 4.78. The minimum Gasteiger partial charge on any atom is -0.455 e. The molecule has 0 aliphatic rings.